The lowest BCUT2D eigenvalue weighted by Gasteiger charge is -2.14. The van der Waals surface area contributed by atoms with Gasteiger partial charge in [0.15, 0.2) is 0 Å². The van der Waals surface area contributed by atoms with Crippen molar-refractivity contribution in [2.45, 2.75) is 33.1 Å². The zero-order valence-corrected chi connectivity index (χ0v) is 12.4. The predicted molar refractivity (Wildman–Crippen MR) is 80.0 cm³/mol. The maximum absolute atomic E-state index is 12.0. The Morgan fingerprint density at radius 2 is 2.00 bits per heavy atom. The van der Waals surface area contributed by atoms with Crippen LogP contribution >= 0.6 is 0 Å². The van der Waals surface area contributed by atoms with Gasteiger partial charge < -0.3 is 15.2 Å². The smallest absolute Gasteiger partial charge is 0.251 e. The van der Waals surface area contributed by atoms with Gasteiger partial charge in [0, 0.05) is 18.7 Å². The summed E-state index contributed by atoms with van der Waals surface area (Å²) >= 11 is 0. The number of carbonyl (C=O) groups is 1. The van der Waals surface area contributed by atoms with Gasteiger partial charge in [0.2, 0.25) is 0 Å². The van der Waals surface area contributed by atoms with Crippen LogP contribution in [0.1, 0.15) is 43.5 Å². The average Bonchev–Trinajstić information content (AvgIpc) is 2.49. The Hall–Kier alpha value is -1.55. The number of ether oxygens (including phenoxy) is 1. The first-order valence-electron chi connectivity index (χ1n) is 7.33. The molecule has 1 unspecified atom stereocenters. The lowest BCUT2D eigenvalue weighted by atomic mass is 10.0. The summed E-state index contributed by atoms with van der Waals surface area (Å²) in [6.45, 7) is 5.57. The van der Waals surface area contributed by atoms with Crippen LogP contribution in [0, 0.1) is 5.92 Å². The molecule has 2 N–H and O–H groups in total. The second kappa shape index (κ2) is 9.37. The monoisotopic (exact) mass is 279 g/mol. The summed E-state index contributed by atoms with van der Waals surface area (Å²) < 4.78 is 5.48. The summed E-state index contributed by atoms with van der Waals surface area (Å²) in [6.07, 6.45) is 2.64. The second-order valence-corrected chi connectivity index (χ2v) is 4.87. The Bertz CT molecular complexity index is 389. The van der Waals surface area contributed by atoms with Crippen LogP contribution < -0.4 is 10.1 Å². The number of nitrogens with one attached hydrogen (secondary N) is 1. The average molecular weight is 279 g/mol. The topological polar surface area (TPSA) is 58.6 Å². The Labute approximate surface area is 121 Å². The van der Waals surface area contributed by atoms with Crippen LogP contribution in [0.15, 0.2) is 24.3 Å². The van der Waals surface area contributed by atoms with E-state index in [0.717, 1.165) is 25.0 Å². The van der Waals surface area contributed by atoms with Gasteiger partial charge in [-0.3, -0.25) is 4.79 Å². The molecule has 0 aliphatic rings. The molecule has 20 heavy (non-hydrogen) atoms. The SMILES string of the molecule is CCCOc1ccc(C(=O)NCC(CC)CCO)cc1. The second-order valence-electron chi connectivity index (χ2n) is 4.87. The fraction of sp³-hybridized carbons (Fsp3) is 0.562. The van der Waals surface area contributed by atoms with Gasteiger partial charge in [0.05, 0.1) is 6.61 Å². The Morgan fingerprint density at radius 1 is 1.30 bits per heavy atom. The largest absolute Gasteiger partial charge is 0.494 e. The summed E-state index contributed by atoms with van der Waals surface area (Å²) in [7, 11) is 0. The highest BCUT2D eigenvalue weighted by Crippen LogP contribution is 2.13. The van der Waals surface area contributed by atoms with Gasteiger partial charge in [-0.25, -0.2) is 0 Å². The Balaban J connectivity index is 2.46. The van der Waals surface area contributed by atoms with Crippen molar-refractivity contribution in [2.75, 3.05) is 19.8 Å². The van der Waals surface area contributed by atoms with Crippen molar-refractivity contribution in [3.8, 4) is 5.75 Å². The third-order valence-corrected chi connectivity index (χ3v) is 3.26. The van der Waals surface area contributed by atoms with E-state index >= 15 is 0 Å². The number of rotatable bonds is 9. The van der Waals surface area contributed by atoms with Crippen LogP contribution in [0.5, 0.6) is 5.75 Å². The molecule has 4 nitrogen and oxygen atoms in total. The number of aliphatic hydroxyl groups excluding tert-OH is 1. The number of amides is 1. The number of aliphatic hydroxyl groups is 1. The predicted octanol–water partition coefficient (Wildman–Crippen LogP) is 2.61. The molecule has 0 aliphatic carbocycles. The quantitative estimate of drug-likeness (QED) is 0.730. The van der Waals surface area contributed by atoms with Crippen molar-refractivity contribution in [1.82, 2.24) is 5.32 Å². The third kappa shape index (κ3) is 5.61. The van der Waals surface area contributed by atoms with Gasteiger partial charge in [-0.05, 0) is 43.0 Å². The maximum Gasteiger partial charge on any atom is 0.251 e. The van der Waals surface area contributed by atoms with E-state index in [-0.39, 0.29) is 12.5 Å². The molecule has 1 amide bonds. The van der Waals surface area contributed by atoms with Crippen molar-refractivity contribution in [1.29, 1.82) is 0 Å². The lowest BCUT2D eigenvalue weighted by Crippen LogP contribution is -2.29. The first kappa shape index (κ1) is 16.5. The number of benzene rings is 1. The van der Waals surface area contributed by atoms with E-state index in [1.165, 1.54) is 0 Å². The molecule has 0 fully saturated rings. The highest BCUT2D eigenvalue weighted by molar-refractivity contribution is 5.94. The molecule has 1 aromatic carbocycles. The van der Waals surface area contributed by atoms with Gasteiger partial charge >= 0.3 is 0 Å². The molecule has 0 spiro atoms. The minimum atomic E-state index is -0.0802. The van der Waals surface area contributed by atoms with Crippen LogP contribution in [-0.4, -0.2) is 30.8 Å². The highest BCUT2D eigenvalue weighted by atomic mass is 16.5. The van der Waals surface area contributed by atoms with Crippen molar-refractivity contribution < 1.29 is 14.6 Å². The molecule has 1 aromatic rings. The molecule has 0 heterocycles. The van der Waals surface area contributed by atoms with Crippen molar-refractivity contribution >= 4 is 5.91 Å². The van der Waals surface area contributed by atoms with Crippen LogP contribution in [-0.2, 0) is 0 Å². The van der Waals surface area contributed by atoms with E-state index in [9.17, 15) is 4.79 Å². The van der Waals surface area contributed by atoms with Gasteiger partial charge in [-0.15, -0.1) is 0 Å². The van der Waals surface area contributed by atoms with E-state index in [1.807, 2.05) is 12.1 Å². The van der Waals surface area contributed by atoms with Crippen LogP contribution in [0.25, 0.3) is 0 Å². The van der Waals surface area contributed by atoms with Crippen molar-refractivity contribution in [3.05, 3.63) is 29.8 Å². The molecule has 1 atom stereocenters. The van der Waals surface area contributed by atoms with Crippen molar-refractivity contribution in [2.24, 2.45) is 5.92 Å². The molecule has 0 saturated carbocycles. The summed E-state index contributed by atoms with van der Waals surface area (Å²) in [4.78, 5) is 12.0. The molecular weight excluding hydrogens is 254 g/mol. The zero-order chi connectivity index (χ0) is 14.8. The first-order chi connectivity index (χ1) is 9.71. The normalized spacial score (nSPS) is 11.9. The van der Waals surface area contributed by atoms with E-state index in [2.05, 4.69) is 19.2 Å². The molecule has 112 valence electrons. The van der Waals surface area contributed by atoms with Crippen LogP contribution in [0.2, 0.25) is 0 Å². The molecule has 4 heteroatoms. The van der Waals surface area contributed by atoms with E-state index in [4.69, 9.17) is 9.84 Å². The van der Waals surface area contributed by atoms with Crippen molar-refractivity contribution in [3.63, 3.8) is 0 Å². The minimum absolute atomic E-state index is 0.0802. The Kier molecular flexibility index (Phi) is 7.73. The summed E-state index contributed by atoms with van der Waals surface area (Å²) in [5.41, 5.74) is 0.632. The summed E-state index contributed by atoms with van der Waals surface area (Å²) in [5.74, 6) is 1.04. The van der Waals surface area contributed by atoms with E-state index in [0.29, 0.717) is 24.6 Å². The number of hydrogen-bond acceptors (Lipinski definition) is 3. The summed E-state index contributed by atoms with van der Waals surface area (Å²) in [5, 5.41) is 11.8. The van der Waals surface area contributed by atoms with Gasteiger partial charge in [0.25, 0.3) is 5.91 Å². The third-order valence-electron chi connectivity index (χ3n) is 3.26. The highest BCUT2D eigenvalue weighted by Gasteiger charge is 2.09. The number of hydrogen-bond donors (Lipinski definition) is 2. The zero-order valence-electron chi connectivity index (χ0n) is 12.4. The fourth-order valence-corrected chi connectivity index (χ4v) is 1.89. The fourth-order valence-electron chi connectivity index (χ4n) is 1.89. The van der Waals surface area contributed by atoms with Gasteiger partial charge in [-0.2, -0.15) is 0 Å². The van der Waals surface area contributed by atoms with E-state index in [1.54, 1.807) is 12.1 Å². The molecular formula is C16H25NO3. The lowest BCUT2D eigenvalue weighted by molar-refractivity contribution is 0.0943. The molecule has 0 aliphatic heterocycles. The van der Waals surface area contributed by atoms with Gasteiger partial charge in [-0.1, -0.05) is 20.3 Å². The van der Waals surface area contributed by atoms with E-state index < -0.39 is 0 Å². The Morgan fingerprint density at radius 3 is 2.55 bits per heavy atom. The molecule has 1 rings (SSSR count). The molecule has 0 saturated heterocycles. The number of carbonyl (C=O) groups excluding carboxylic acids is 1. The van der Waals surface area contributed by atoms with Gasteiger partial charge in [0.1, 0.15) is 5.75 Å². The van der Waals surface area contributed by atoms with Crippen LogP contribution in [0.3, 0.4) is 0 Å². The molecule has 0 aromatic heterocycles. The molecule has 0 radical (unpaired) electrons. The summed E-state index contributed by atoms with van der Waals surface area (Å²) in [6, 6.07) is 7.17. The first-order valence-corrected chi connectivity index (χ1v) is 7.33. The maximum atomic E-state index is 12.0. The standard InChI is InChI=1S/C16H25NO3/c1-3-11-20-15-7-5-14(6-8-15)16(19)17-12-13(4-2)9-10-18/h5-8,13,18H,3-4,9-12H2,1-2H3,(H,17,19). The van der Waals surface area contributed by atoms with Crippen LogP contribution in [0.4, 0.5) is 0 Å². The minimum Gasteiger partial charge on any atom is -0.494 e. The molecule has 0 bridgehead atoms.